The Morgan fingerprint density at radius 2 is 0.837 bits per heavy atom. The van der Waals surface area contributed by atoms with Crippen molar-refractivity contribution in [1.82, 2.24) is 0 Å². The van der Waals surface area contributed by atoms with Gasteiger partial charge in [-0.15, -0.1) is 0 Å². The molecule has 0 saturated carbocycles. The van der Waals surface area contributed by atoms with Crippen molar-refractivity contribution >= 4 is 49.4 Å². The molecule has 0 amide bonds. The lowest BCUT2D eigenvalue weighted by Crippen LogP contribution is -2.11. The molecule has 0 fully saturated rings. The summed E-state index contributed by atoms with van der Waals surface area (Å²) < 4.78 is 0. The number of anilines is 3. The SMILES string of the molecule is c1ccc(-c2cccc3cc(-c4ccc(N(c5cccc6ccccc56)c5cccc6ccccc56)cc4)ccc23)cc1. The van der Waals surface area contributed by atoms with Crippen LogP contribution in [0.2, 0.25) is 0 Å². The standard InChI is InChI=1S/C42H29N/c1-2-11-31(12-3-1)37-20-8-17-35-29-34(25-28-38(35)37)30-23-26-36(27-24-30)43(41-21-9-15-32-13-4-6-18-39(32)41)42-22-10-16-33-14-5-7-19-40(33)42/h1-29H. The minimum Gasteiger partial charge on any atom is -0.309 e. The summed E-state index contributed by atoms with van der Waals surface area (Å²) in [6.45, 7) is 0. The minimum absolute atomic E-state index is 1.13. The van der Waals surface area contributed by atoms with E-state index in [4.69, 9.17) is 0 Å². The van der Waals surface area contributed by atoms with Gasteiger partial charge in [-0.2, -0.15) is 0 Å². The number of fused-ring (bicyclic) bond motifs is 3. The van der Waals surface area contributed by atoms with E-state index in [9.17, 15) is 0 Å². The first-order valence-corrected chi connectivity index (χ1v) is 14.8. The lowest BCUT2D eigenvalue weighted by Gasteiger charge is -2.28. The van der Waals surface area contributed by atoms with Crippen LogP contribution in [0.3, 0.4) is 0 Å². The van der Waals surface area contributed by atoms with Gasteiger partial charge in [0.1, 0.15) is 0 Å². The number of hydrogen-bond donors (Lipinski definition) is 0. The van der Waals surface area contributed by atoms with Crippen LogP contribution in [0, 0.1) is 0 Å². The Morgan fingerprint density at radius 3 is 1.51 bits per heavy atom. The van der Waals surface area contributed by atoms with Crippen LogP contribution in [-0.4, -0.2) is 0 Å². The zero-order valence-corrected chi connectivity index (χ0v) is 23.7. The molecule has 0 radical (unpaired) electrons. The number of rotatable bonds is 5. The van der Waals surface area contributed by atoms with E-state index in [0.717, 1.165) is 5.69 Å². The van der Waals surface area contributed by atoms with Gasteiger partial charge in [0.05, 0.1) is 11.4 Å². The Kier molecular flexibility index (Phi) is 6.20. The number of nitrogens with zero attached hydrogens (tertiary/aromatic N) is 1. The fraction of sp³-hybridized carbons (Fsp3) is 0. The highest BCUT2D eigenvalue weighted by Gasteiger charge is 2.17. The third-order valence-corrected chi connectivity index (χ3v) is 8.44. The van der Waals surface area contributed by atoms with Crippen LogP contribution in [0.25, 0.3) is 54.6 Å². The molecule has 0 aromatic heterocycles. The second-order valence-electron chi connectivity index (χ2n) is 11.0. The molecular weight excluding hydrogens is 518 g/mol. The predicted molar refractivity (Wildman–Crippen MR) is 185 cm³/mol. The van der Waals surface area contributed by atoms with Gasteiger partial charge in [0.15, 0.2) is 0 Å². The van der Waals surface area contributed by atoms with E-state index < -0.39 is 0 Å². The average Bonchev–Trinajstić information content (AvgIpc) is 3.09. The summed E-state index contributed by atoms with van der Waals surface area (Å²) in [5.74, 6) is 0. The molecule has 8 aromatic rings. The first-order chi connectivity index (χ1) is 21.3. The van der Waals surface area contributed by atoms with Crippen molar-refractivity contribution < 1.29 is 0 Å². The monoisotopic (exact) mass is 547 g/mol. The molecule has 202 valence electrons. The molecule has 0 N–H and O–H groups in total. The van der Waals surface area contributed by atoms with E-state index in [1.165, 1.54) is 65.9 Å². The maximum Gasteiger partial charge on any atom is 0.0540 e. The second-order valence-corrected chi connectivity index (χ2v) is 11.0. The van der Waals surface area contributed by atoms with Gasteiger partial charge in [-0.05, 0) is 74.1 Å². The van der Waals surface area contributed by atoms with E-state index in [2.05, 4.69) is 181 Å². The van der Waals surface area contributed by atoms with Crippen molar-refractivity contribution in [3.63, 3.8) is 0 Å². The van der Waals surface area contributed by atoms with Crippen molar-refractivity contribution in [2.75, 3.05) is 4.90 Å². The van der Waals surface area contributed by atoms with Crippen LogP contribution < -0.4 is 4.90 Å². The van der Waals surface area contributed by atoms with Crippen molar-refractivity contribution in [2.45, 2.75) is 0 Å². The summed E-state index contributed by atoms with van der Waals surface area (Å²) >= 11 is 0. The van der Waals surface area contributed by atoms with E-state index in [0.29, 0.717) is 0 Å². The second kappa shape index (κ2) is 10.6. The molecule has 0 aliphatic heterocycles. The molecule has 8 rings (SSSR count). The van der Waals surface area contributed by atoms with Gasteiger partial charge in [0, 0.05) is 16.5 Å². The van der Waals surface area contributed by atoms with E-state index >= 15 is 0 Å². The van der Waals surface area contributed by atoms with Crippen LogP contribution in [0.4, 0.5) is 17.1 Å². The molecule has 0 bridgehead atoms. The molecule has 0 aliphatic carbocycles. The average molecular weight is 548 g/mol. The lowest BCUT2D eigenvalue weighted by molar-refractivity contribution is 1.31. The van der Waals surface area contributed by atoms with Crippen LogP contribution in [0.15, 0.2) is 176 Å². The highest BCUT2D eigenvalue weighted by Crippen LogP contribution is 2.42. The fourth-order valence-corrected chi connectivity index (χ4v) is 6.35. The zero-order chi connectivity index (χ0) is 28.6. The lowest BCUT2D eigenvalue weighted by atomic mass is 9.95. The molecule has 0 atom stereocenters. The summed E-state index contributed by atoms with van der Waals surface area (Å²) in [6, 6.07) is 63.4. The molecule has 1 nitrogen and oxygen atoms in total. The van der Waals surface area contributed by atoms with Gasteiger partial charge < -0.3 is 4.90 Å². The van der Waals surface area contributed by atoms with E-state index in [-0.39, 0.29) is 0 Å². The molecule has 0 saturated heterocycles. The topological polar surface area (TPSA) is 3.24 Å². The van der Waals surface area contributed by atoms with E-state index in [1.807, 2.05) is 0 Å². The molecule has 0 spiro atoms. The van der Waals surface area contributed by atoms with Gasteiger partial charge in [0.25, 0.3) is 0 Å². The molecule has 0 aliphatic rings. The van der Waals surface area contributed by atoms with Crippen LogP contribution in [0.5, 0.6) is 0 Å². The fourth-order valence-electron chi connectivity index (χ4n) is 6.35. The highest BCUT2D eigenvalue weighted by molar-refractivity contribution is 6.05. The summed E-state index contributed by atoms with van der Waals surface area (Å²) in [5, 5.41) is 7.43. The van der Waals surface area contributed by atoms with Gasteiger partial charge in [-0.25, -0.2) is 0 Å². The Morgan fingerprint density at radius 1 is 0.302 bits per heavy atom. The van der Waals surface area contributed by atoms with Gasteiger partial charge >= 0.3 is 0 Å². The summed E-state index contributed by atoms with van der Waals surface area (Å²) in [6.07, 6.45) is 0. The zero-order valence-electron chi connectivity index (χ0n) is 23.7. The highest BCUT2D eigenvalue weighted by atomic mass is 15.1. The Balaban J connectivity index is 1.25. The van der Waals surface area contributed by atoms with Crippen LogP contribution in [-0.2, 0) is 0 Å². The van der Waals surface area contributed by atoms with Gasteiger partial charge in [0.2, 0.25) is 0 Å². The van der Waals surface area contributed by atoms with Gasteiger partial charge in [-0.3, -0.25) is 0 Å². The Bertz CT molecular complexity index is 2140. The molecule has 0 unspecified atom stereocenters. The quantitative estimate of drug-likeness (QED) is 0.207. The minimum atomic E-state index is 1.13. The molecule has 43 heavy (non-hydrogen) atoms. The Labute approximate surface area is 251 Å². The van der Waals surface area contributed by atoms with Crippen molar-refractivity contribution in [2.24, 2.45) is 0 Å². The van der Waals surface area contributed by atoms with Crippen LogP contribution in [0.1, 0.15) is 0 Å². The van der Waals surface area contributed by atoms with Crippen molar-refractivity contribution in [1.29, 1.82) is 0 Å². The first kappa shape index (κ1) is 25.1. The van der Waals surface area contributed by atoms with Crippen molar-refractivity contribution in [3.05, 3.63) is 176 Å². The molecule has 0 heterocycles. The third-order valence-electron chi connectivity index (χ3n) is 8.44. The van der Waals surface area contributed by atoms with Crippen molar-refractivity contribution in [3.8, 4) is 22.3 Å². The largest absolute Gasteiger partial charge is 0.309 e. The maximum absolute atomic E-state index is 2.40. The first-order valence-electron chi connectivity index (χ1n) is 14.8. The molecule has 8 aromatic carbocycles. The normalized spacial score (nSPS) is 11.3. The van der Waals surface area contributed by atoms with Crippen LogP contribution >= 0.6 is 0 Å². The smallest absolute Gasteiger partial charge is 0.0540 e. The Hall–Kier alpha value is -5.66. The number of hydrogen-bond acceptors (Lipinski definition) is 1. The number of benzene rings is 8. The maximum atomic E-state index is 2.40. The summed E-state index contributed by atoms with van der Waals surface area (Å²) in [7, 11) is 0. The summed E-state index contributed by atoms with van der Waals surface area (Å²) in [4.78, 5) is 2.40. The summed E-state index contributed by atoms with van der Waals surface area (Å²) in [5.41, 5.74) is 8.39. The molecular formula is C42H29N. The van der Waals surface area contributed by atoms with Gasteiger partial charge in [-0.1, -0.05) is 146 Å². The van der Waals surface area contributed by atoms with E-state index in [1.54, 1.807) is 0 Å². The predicted octanol–water partition coefficient (Wildman–Crippen LogP) is 11.9. The third kappa shape index (κ3) is 4.52. The molecule has 1 heteroatoms.